The molecule has 3 aromatic rings. The zero-order valence-electron chi connectivity index (χ0n) is 19.6. The molecule has 2 aliphatic rings. The Morgan fingerprint density at radius 1 is 1.06 bits per heavy atom. The van der Waals surface area contributed by atoms with E-state index in [0.717, 1.165) is 29.8 Å². The summed E-state index contributed by atoms with van der Waals surface area (Å²) in [6, 6.07) is 24.7. The Bertz CT molecular complexity index is 1260. The summed E-state index contributed by atoms with van der Waals surface area (Å²) < 4.78 is 5.64. The number of ether oxygens (including phenoxy) is 1. The zero-order valence-corrected chi connectivity index (χ0v) is 19.6. The number of carbonyl (C=O) groups is 2. The smallest absolute Gasteiger partial charge is 0.269 e. The van der Waals surface area contributed by atoms with E-state index in [1.807, 2.05) is 72.8 Å². The van der Waals surface area contributed by atoms with E-state index in [2.05, 4.69) is 22.5 Å². The lowest BCUT2D eigenvalue weighted by molar-refractivity contribution is -0.117. The van der Waals surface area contributed by atoms with E-state index in [1.54, 1.807) is 6.07 Å². The third-order valence-electron chi connectivity index (χ3n) is 6.24. The number of para-hydroxylation sites is 1. The molecule has 2 amide bonds. The van der Waals surface area contributed by atoms with Crippen LogP contribution in [0.1, 0.15) is 34.0 Å². The number of amides is 2. The van der Waals surface area contributed by atoms with Crippen LogP contribution in [0.4, 0.5) is 5.69 Å². The van der Waals surface area contributed by atoms with Gasteiger partial charge >= 0.3 is 0 Å². The normalized spacial score (nSPS) is 20.3. The maximum absolute atomic E-state index is 13.4. The lowest BCUT2D eigenvalue weighted by Gasteiger charge is -2.31. The predicted molar refractivity (Wildman–Crippen MR) is 136 cm³/mol. The number of morpholine rings is 1. The van der Waals surface area contributed by atoms with E-state index < -0.39 is 6.17 Å². The quantitative estimate of drug-likeness (QED) is 0.601. The minimum absolute atomic E-state index is 0.159. The van der Waals surface area contributed by atoms with Crippen LogP contribution in [0.15, 0.2) is 83.9 Å². The first-order valence-electron chi connectivity index (χ1n) is 11.8. The van der Waals surface area contributed by atoms with Crippen molar-refractivity contribution >= 4 is 23.2 Å². The Kier molecular flexibility index (Phi) is 6.70. The number of rotatable bonds is 5. The summed E-state index contributed by atoms with van der Waals surface area (Å²) in [5.74, 6) is -0.708. The van der Waals surface area contributed by atoms with Gasteiger partial charge in [-0.3, -0.25) is 14.5 Å². The second kappa shape index (κ2) is 10.2. The summed E-state index contributed by atoms with van der Waals surface area (Å²) in [5.41, 5.74) is 4.45. The Morgan fingerprint density at radius 3 is 2.63 bits per heavy atom. The molecule has 2 atom stereocenters. The maximum Gasteiger partial charge on any atom is 0.269 e. The Morgan fingerprint density at radius 2 is 1.80 bits per heavy atom. The van der Waals surface area contributed by atoms with Crippen LogP contribution < -0.4 is 10.6 Å². The van der Waals surface area contributed by atoms with E-state index in [4.69, 9.17) is 9.73 Å². The summed E-state index contributed by atoms with van der Waals surface area (Å²) in [6.07, 6.45) is -0.909. The van der Waals surface area contributed by atoms with Crippen molar-refractivity contribution in [3.05, 3.63) is 101 Å². The standard InChI is InChI=1S/C28H28N4O3/c1-19-17-32(15-16-35-19)18-21-11-5-6-12-22(21)27(33)31-26-28(34)29-24-14-8-7-13-23(24)25(30-26)20-9-3-2-4-10-20/h2-14,19,26H,15-18H2,1H3,(H,29,34)(H,31,33)/t19-,26-/m1/s1. The van der Waals surface area contributed by atoms with Crippen molar-refractivity contribution in [3.63, 3.8) is 0 Å². The molecule has 0 aromatic heterocycles. The molecule has 0 radical (unpaired) electrons. The highest BCUT2D eigenvalue weighted by Gasteiger charge is 2.28. The van der Waals surface area contributed by atoms with Gasteiger partial charge in [-0.25, -0.2) is 4.99 Å². The molecule has 2 aliphatic heterocycles. The van der Waals surface area contributed by atoms with Gasteiger partial charge in [-0.05, 0) is 24.6 Å². The third-order valence-corrected chi connectivity index (χ3v) is 6.24. The number of nitrogens with zero attached hydrogens (tertiary/aromatic N) is 2. The van der Waals surface area contributed by atoms with E-state index in [1.165, 1.54) is 0 Å². The molecule has 0 saturated carbocycles. The fourth-order valence-corrected chi connectivity index (χ4v) is 4.54. The molecular formula is C28H28N4O3. The fraction of sp³-hybridized carbons (Fsp3) is 0.250. The van der Waals surface area contributed by atoms with Crippen molar-refractivity contribution in [1.82, 2.24) is 10.2 Å². The first-order valence-corrected chi connectivity index (χ1v) is 11.8. The number of fused-ring (bicyclic) bond motifs is 1. The number of benzene rings is 3. The van der Waals surface area contributed by atoms with Gasteiger partial charge in [0.05, 0.1) is 24.1 Å². The molecule has 35 heavy (non-hydrogen) atoms. The zero-order chi connectivity index (χ0) is 24.2. The fourth-order valence-electron chi connectivity index (χ4n) is 4.54. The van der Waals surface area contributed by atoms with Gasteiger partial charge in [-0.15, -0.1) is 0 Å². The largest absolute Gasteiger partial charge is 0.376 e. The van der Waals surface area contributed by atoms with E-state index >= 15 is 0 Å². The van der Waals surface area contributed by atoms with Crippen molar-refractivity contribution in [2.24, 2.45) is 4.99 Å². The number of nitrogens with one attached hydrogen (secondary N) is 2. The number of hydrogen-bond acceptors (Lipinski definition) is 5. The van der Waals surface area contributed by atoms with Gasteiger partial charge in [0.15, 0.2) is 0 Å². The summed E-state index contributed by atoms with van der Waals surface area (Å²) in [7, 11) is 0. The predicted octanol–water partition coefficient (Wildman–Crippen LogP) is 3.45. The highest BCUT2D eigenvalue weighted by molar-refractivity contribution is 6.20. The van der Waals surface area contributed by atoms with Crippen molar-refractivity contribution in [2.45, 2.75) is 25.7 Å². The van der Waals surface area contributed by atoms with E-state index in [0.29, 0.717) is 30.1 Å². The van der Waals surface area contributed by atoms with Crippen LogP contribution >= 0.6 is 0 Å². The molecule has 0 unspecified atom stereocenters. The van der Waals surface area contributed by atoms with Crippen LogP contribution in [-0.2, 0) is 16.1 Å². The van der Waals surface area contributed by atoms with Gasteiger partial charge < -0.3 is 15.4 Å². The van der Waals surface area contributed by atoms with Crippen LogP contribution in [0, 0.1) is 0 Å². The summed E-state index contributed by atoms with van der Waals surface area (Å²) in [6.45, 7) is 4.99. The Hall–Kier alpha value is -3.81. The minimum atomic E-state index is -1.07. The first kappa shape index (κ1) is 23.0. The molecule has 5 rings (SSSR count). The average molecular weight is 469 g/mol. The van der Waals surface area contributed by atoms with Gasteiger partial charge in [-0.1, -0.05) is 66.7 Å². The number of anilines is 1. The number of carbonyl (C=O) groups excluding carboxylic acids is 2. The molecule has 2 N–H and O–H groups in total. The van der Waals surface area contributed by atoms with Gasteiger partial charge in [0.1, 0.15) is 0 Å². The van der Waals surface area contributed by atoms with E-state index in [9.17, 15) is 9.59 Å². The monoisotopic (exact) mass is 468 g/mol. The summed E-state index contributed by atoms with van der Waals surface area (Å²) in [4.78, 5) is 33.5. The van der Waals surface area contributed by atoms with Crippen molar-refractivity contribution in [3.8, 4) is 0 Å². The lowest BCUT2D eigenvalue weighted by Crippen LogP contribution is -2.43. The molecule has 7 nitrogen and oxygen atoms in total. The highest BCUT2D eigenvalue weighted by Crippen LogP contribution is 2.24. The number of benzodiazepines with no additional fused rings is 1. The molecule has 7 heteroatoms. The molecular weight excluding hydrogens is 440 g/mol. The minimum Gasteiger partial charge on any atom is -0.376 e. The number of hydrogen-bond donors (Lipinski definition) is 2. The van der Waals surface area contributed by atoms with Crippen LogP contribution in [0.25, 0.3) is 0 Å². The molecule has 0 aliphatic carbocycles. The van der Waals surface area contributed by atoms with Crippen LogP contribution in [-0.4, -0.2) is 54.4 Å². The third kappa shape index (κ3) is 5.16. The molecule has 0 bridgehead atoms. The second-order valence-electron chi connectivity index (χ2n) is 8.83. The van der Waals surface area contributed by atoms with Gasteiger partial charge in [0.25, 0.3) is 11.8 Å². The number of aliphatic imine (C=N–C) groups is 1. The van der Waals surface area contributed by atoms with Crippen molar-refractivity contribution in [1.29, 1.82) is 0 Å². The van der Waals surface area contributed by atoms with Crippen LogP contribution in [0.5, 0.6) is 0 Å². The SMILES string of the molecule is C[C@@H]1CN(Cc2ccccc2C(=O)N[C@H]2N=C(c3ccccc3)c3ccccc3NC2=O)CCO1. The van der Waals surface area contributed by atoms with Crippen LogP contribution in [0.3, 0.4) is 0 Å². The Balaban J connectivity index is 1.43. The first-order chi connectivity index (χ1) is 17.1. The molecule has 1 saturated heterocycles. The lowest BCUT2D eigenvalue weighted by atomic mass is 10.0. The maximum atomic E-state index is 13.4. The van der Waals surface area contributed by atoms with Crippen molar-refractivity contribution < 1.29 is 14.3 Å². The van der Waals surface area contributed by atoms with Crippen LogP contribution in [0.2, 0.25) is 0 Å². The summed E-state index contributed by atoms with van der Waals surface area (Å²) >= 11 is 0. The molecule has 2 heterocycles. The molecule has 3 aromatic carbocycles. The highest BCUT2D eigenvalue weighted by atomic mass is 16.5. The average Bonchev–Trinajstić information content (AvgIpc) is 3.01. The summed E-state index contributed by atoms with van der Waals surface area (Å²) in [5, 5.41) is 5.79. The van der Waals surface area contributed by atoms with Crippen molar-refractivity contribution in [2.75, 3.05) is 25.0 Å². The molecule has 1 fully saturated rings. The van der Waals surface area contributed by atoms with Gasteiger partial charge in [0.2, 0.25) is 6.17 Å². The molecule has 0 spiro atoms. The van der Waals surface area contributed by atoms with Gasteiger partial charge in [0, 0.05) is 36.3 Å². The van der Waals surface area contributed by atoms with E-state index in [-0.39, 0.29) is 17.9 Å². The molecule has 178 valence electrons. The second-order valence-corrected chi connectivity index (χ2v) is 8.83. The Labute approximate surface area is 204 Å². The topological polar surface area (TPSA) is 83.0 Å². The van der Waals surface area contributed by atoms with Gasteiger partial charge in [-0.2, -0.15) is 0 Å².